The van der Waals surface area contributed by atoms with Crippen LogP contribution in [0.25, 0.3) is 0 Å². The lowest BCUT2D eigenvalue weighted by molar-refractivity contribution is -0.0291. The lowest BCUT2D eigenvalue weighted by Gasteiger charge is -2.38. The van der Waals surface area contributed by atoms with Gasteiger partial charge in [-0.3, -0.25) is 5.41 Å². The van der Waals surface area contributed by atoms with Crippen LogP contribution in [0.3, 0.4) is 0 Å². The quantitative estimate of drug-likeness (QED) is 0.443. The summed E-state index contributed by atoms with van der Waals surface area (Å²) in [5.74, 6) is 0.164. The molecule has 0 aromatic rings. The van der Waals surface area contributed by atoms with Crippen molar-refractivity contribution in [1.29, 1.82) is 5.41 Å². The number of nitrogens with one attached hydrogen (secondary N) is 1. The second-order valence-corrected chi connectivity index (χ2v) is 3.24. The fourth-order valence-corrected chi connectivity index (χ4v) is 1.48. The summed E-state index contributed by atoms with van der Waals surface area (Å²) in [4.78, 5) is 1.91. The Bertz CT molecular complexity index is 172. The summed E-state index contributed by atoms with van der Waals surface area (Å²) in [6.07, 6.45) is 1.17. The van der Waals surface area contributed by atoms with E-state index < -0.39 is 0 Å². The van der Waals surface area contributed by atoms with Crippen LogP contribution in [0.4, 0.5) is 0 Å². The largest absolute Gasteiger partial charge is 0.375 e. The Morgan fingerprint density at radius 1 is 1.75 bits per heavy atom. The molecule has 70 valence electrons. The molecule has 1 fully saturated rings. The number of rotatable bonds is 1. The zero-order valence-electron chi connectivity index (χ0n) is 7.71. The van der Waals surface area contributed by atoms with E-state index in [-0.39, 0.29) is 12.1 Å². The summed E-state index contributed by atoms with van der Waals surface area (Å²) in [6.45, 7) is 5.52. The van der Waals surface area contributed by atoms with Crippen molar-refractivity contribution >= 4 is 5.96 Å². The Kier molecular flexibility index (Phi) is 2.92. The van der Waals surface area contributed by atoms with Gasteiger partial charge in [-0.2, -0.15) is 0 Å². The molecule has 0 spiro atoms. The number of hydrogen-bond donors (Lipinski definition) is 2. The molecule has 3 N–H and O–H groups in total. The van der Waals surface area contributed by atoms with Crippen molar-refractivity contribution in [3.63, 3.8) is 0 Å². The zero-order chi connectivity index (χ0) is 9.14. The molecule has 2 atom stereocenters. The second kappa shape index (κ2) is 3.76. The Balaban J connectivity index is 2.58. The first kappa shape index (κ1) is 9.32. The van der Waals surface area contributed by atoms with Gasteiger partial charge in [0.2, 0.25) is 0 Å². The molecule has 0 amide bonds. The van der Waals surface area contributed by atoms with Crippen LogP contribution in [0.5, 0.6) is 0 Å². The van der Waals surface area contributed by atoms with E-state index in [0.717, 1.165) is 13.0 Å². The molecule has 0 aliphatic carbocycles. The van der Waals surface area contributed by atoms with Gasteiger partial charge in [0.05, 0.1) is 18.8 Å². The van der Waals surface area contributed by atoms with E-state index >= 15 is 0 Å². The fraction of sp³-hybridized carbons (Fsp3) is 0.875. The van der Waals surface area contributed by atoms with Crippen LogP contribution in [0.15, 0.2) is 0 Å². The minimum Gasteiger partial charge on any atom is -0.375 e. The van der Waals surface area contributed by atoms with Crippen LogP contribution >= 0.6 is 0 Å². The van der Waals surface area contributed by atoms with Crippen molar-refractivity contribution in [3.05, 3.63) is 0 Å². The summed E-state index contributed by atoms with van der Waals surface area (Å²) >= 11 is 0. The van der Waals surface area contributed by atoms with Crippen LogP contribution in [-0.2, 0) is 4.74 Å². The maximum absolute atomic E-state index is 7.36. The second-order valence-electron chi connectivity index (χ2n) is 3.24. The molecule has 0 radical (unpaired) electrons. The maximum atomic E-state index is 7.36. The van der Waals surface area contributed by atoms with Crippen molar-refractivity contribution in [3.8, 4) is 0 Å². The highest BCUT2D eigenvalue weighted by atomic mass is 16.5. The third kappa shape index (κ3) is 1.88. The van der Waals surface area contributed by atoms with E-state index in [2.05, 4.69) is 6.92 Å². The smallest absolute Gasteiger partial charge is 0.188 e. The first-order chi connectivity index (χ1) is 5.65. The SMILES string of the molecule is CCC1COC(C)CN1C(=N)N. The number of morpholine rings is 1. The minimum absolute atomic E-state index is 0.164. The van der Waals surface area contributed by atoms with Crippen molar-refractivity contribution in [2.24, 2.45) is 5.73 Å². The van der Waals surface area contributed by atoms with Crippen LogP contribution in [-0.4, -0.2) is 36.2 Å². The predicted octanol–water partition coefficient (Wildman–Crippen LogP) is 0.379. The maximum Gasteiger partial charge on any atom is 0.188 e. The molecule has 4 heteroatoms. The van der Waals surface area contributed by atoms with Crippen molar-refractivity contribution in [1.82, 2.24) is 4.90 Å². The summed E-state index contributed by atoms with van der Waals surface area (Å²) in [5, 5.41) is 7.36. The van der Waals surface area contributed by atoms with Gasteiger partial charge < -0.3 is 15.4 Å². The van der Waals surface area contributed by atoms with Gasteiger partial charge >= 0.3 is 0 Å². The number of nitrogens with two attached hydrogens (primary N) is 1. The van der Waals surface area contributed by atoms with Gasteiger partial charge in [0.25, 0.3) is 0 Å². The molecule has 1 heterocycles. The number of ether oxygens (including phenoxy) is 1. The van der Waals surface area contributed by atoms with E-state index in [9.17, 15) is 0 Å². The highest BCUT2D eigenvalue weighted by molar-refractivity contribution is 5.75. The summed E-state index contributed by atoms with van der Waals surface area (Å²) < 4.78 is 5.47. The van der Waals surface area contributed by atoms with Crippen LogP contribution in [0.1, 0.15) is 20.3 Å². The van der Waals surface area contributed by atoms with Gasteiger partial charge in [0.15, 0.2) is 5.96 Å². The first-order valence-electron chi connectivity index (χ1n) is 4.37. The lowest BCUT2D eigenvalue weighted by Crippen LogP contribution is -2.53. The summed E-state index contributed by atoms with van der Waals surface area (Å²) in [5.41, 5.74) is 5.45. The Labute approximate surface area is 73.2 Å². The third-order valence-electron chi connectivity index (χ3n) is 2.25. The molecule has 1 saturated heterocycles. The molecule has 0 saturated carbocycles. The summed E-state index contributed by atoms with van der Waals surface area (Å²) in [7, 11) is 0. The zero-order valence-corrected chi connectivity index (χ0v) is 7.71. The van der Waals surface area contributed by atoms with Crippen LogP contribution in [0.2, 0.25) is 0 Å². The fourth-order valence-electron chi connectivity index (χ4n) is 1.48. The molecule has 4 nitrogen and oxygen atoms in total. The lowest BCUT2D eigenvalue weighted by atomic mass is 10.1. The Hall–Kier alpha value is -0.770. The standard InChI is InChI=1S/C8H17N3O/c1-3-7-5-12-6(2)4-11(7)8(9)10/h6-7H,3-5H2,1-2H3,(H3,9,10). The third-order valence-corrected chi connectivity index (χ3v) is 2.25. The molecular formula is C8H17N3O. The summed E-state index contributed by atoms with van der Waals surface area (Å²) in [6, 6.07) is 0.290. The monoisotopic (exact) mass is 171 g/mol. The van der Waals surface area contributed by atoms with Crippen LogP contribution in [0, 0.1) is 5.41 Å². The molecule has 1 rings (SSSR count). The van der Waals surface area contributed by atoms with Gasteiger partial charge in [-0.15, -0.1) is 0 Å². The van der Waals surface area contributed by atoms with Crippen LogP contribution < -0.4 is 5.73 Å². The number of hydrogen-bond acceptors (Lipinski definition) is 2. The topological polar surface area (TPSA) is 62.3 Å². The normalized spacial score (nSPS) is 30.3. The average Bonchev–Trinajstić information content (AvgIpc) is 2.04. The van der Waals surface area contributed by atoms with Gasteiger partial charge in [-0.25, -0.2) is 0 Å². The molecule has 1 aliphatic rings. The van der Waals surface area contributed by atoms with E-state index in [0.29, 0.717) is 12.6 Å². The first-order valence-corrected chi connectivity index (χ1v) is 4.37. The predicted molar refractivity (Wildman–Crippen MR) is 48.1 cm³/mol. The molecule has 0 bridgehead atoms. The van der Waals surface area contributed by atoms with Gasteiger partial charge in [0, 0.05) is 6.54 Å². The van der Waals surface area contributed by atoms with Gasteiger partial charge in [-0.05, 0) is 13.3 Å². The van der Waals surface area contributed by atoms with Gasteiger partial charge in [-0.1, -0.05) is 6.92 Å². The number of guanidine groups is 1. The van der Waals surface area contributed by atoms with Crippen molar-refractivity contribution < 1.29 is 4.74 Å². The van der Waals surface area contributed by atoms with Crippen molar-refractivity contribution in [2.45, 2.75) is 32.4 Å². The minimum atomic E-state index is 0.164. The Morgan fingerprint density at radius 3 is 2.92 bits per heavy atom. The van der Waals surface area contributed by atoms with E-state index in [4.69, 9.17) is 15.9 Å². The van der Waals surface area contributed by atoms with Crippen molar-refractivity contribution in [2.75, 3.05) is 13.2 Å². The Morgan fingerprint density at radius 2 is 2.42 bits per heavy atom. The number of nitrogens with zero attached hydrogens (tertiary/aromatic N) is 1. The highest BCUT2D eigenvalue weighted by Gasteiger charge is 2.25. The highest BCUT2D eigenvalue weighted by Crippen LogP contribution is 2.13. The van der Waals surface area contributed by atoms with E-state index in [1.54, 1.807) is 0 Å². The molecule has 1 aliphatic heterocycles. The van der Waals surface area contributed by atoms with E-state index in [1.807, 2.05) is 11.8 Å². The molecule has 2 unspecified atom stereocenters. The molecule has 12 heavy (non-hydrogen) atoms. The molecular weight excluding hydrogens is 154 g/mol. The molecule has 0 aromatic heterocycles. The van der Waals surface area contributed by atoms with Gasteiger partial charge in [0.1, 0.15) is 0 Å². The van der Waals surface area contributed by atoms with E-state index in [1.165, 1.54) is 0 Å². The molecule has 0 aromatic carbocycles. The average molecular weight is 171 g/mol.